The van der Waals surface area contributed by atoms with Gasteiger partial charge in [-0.2, -0.15) is 0 Å². The van der Waals surface area contributed by atoms with Crippen LogP contribution >= 0.6 is 11.3 Å². The van der Waals surface area contributed by atoms with E-state index in [0.29, 0.717) is 28.1 Å². The van der Waals surface area contributed by atoms with Gasteiger partial charge in [0.25, 0.3) is 0 Å². The molecule has 1 aromatic heterocycles. The van der Waals surface area contributed by atoms with Crippen LogP contribution < -0.4 is 24.8 Å². The summed E-state index contributed by atoms with van der Waals surface area (Å²) in [7, 11) is 1.55. The van der Waals surface area contributed by atoms with Gasteiger partial charge in [-0.1, -0.05) is 23.5 Å². The minimum atomic E-state index is -0.390. The normalized spacial score (nSPS) is 12.2. The molecule has 0 atom stereocenters. The van der Waals surface area contributed by atoms with Crippen LogP contribution in [0.3, 0.4) is 0 Å². The van der Waals surface area contributed by atoms with E-state index in [0.717, 1.165) is 10.2 Å². The number of nitrogens with zero attached hydrogens (tertiary/aromatic N) is 1. The van der Waals surface area contributed by atoms with E-state index < -0.39 is 6.03 Å². The Morgan fingerprint density at radius 3 is 2.83 bits per heavy atom. The zero-order chi connectivity index (χ0) is 16.5. The van der Waals surface area contributed by atoms with Gasteiger partial charge in [0, 0.05) is 12.1 Å². The molecule has 0 saturated heterocycles. The van der Waals surface area contributed by atoms with Crippen molar-refractivity contribution in [3.05, 3.63) is 36.4 Å². The molecule has 2 amide bonds. The number of carbonyl (C=O) groups is 1. The maximum atomic E-state index is 12.2. The number of ether oxygens (including phenoxy) is 3. The first-order valence-corrected chi connectivity index (χ1v) is 7.96. The number of fused-ring (bicyclic) bond motifs is 2. The minimum Gasteiger partial charge on any atom is -0.495 e. The van der Waals surface area contributed by atoms with Crippen molar-refractivity contribution in [1.29, 1.82) is 0 Å². The Morgan fingerprint density at radius 2 is 2.00 bits per heavy atom. The molecular formula is C16H13N3O4S. The molecular weight excluding hydrogens is 330 g/mol. The second kappa shape index (κ2) is 5.89. The van der Waals surface area contributed by atoms with Gasteiger partial charge in [0.1, 0.15) is 5.75 Å². The summed E-state index contributed by atoms with van der Waals surface area (Å²) in [6.45, 7) is 0.221. The average molecular weight is 343 g/mol. The van der Waals surface area contributed by atoms with E-state index in [1.807, 2.05) is 18.2 Å². The molecule has 1 aliphatic rings. The lowest BCUT2D eigenvalue weighted by Gasteiger charge is -2.09. The van der Waals surface area contributed by atoms with Gasteiger partial charge < -0.3 is 19.5 Å². The number of rotatable bonds is 3. The minimum absolute atomic E-state index is 0.221. The predicted molar refractivity (Wildman–Crippen MR) is 91.4 cm³/mol. The van der Waals surface area contributed by atoms with Crippen LogP contribution in [0.2, 0.25) is 0 Å². The van der Waals surface area contributed by atoms with E-state index in [9.17, 15) is 4.79 Å². The number of nitrogens with one attached hydrogen (secondary N) is 2. The molecule has 2 heterocycles. The van der Waals surface area contributed by atoms with Gasteiger partial charge in [0.2, 0.25) is 6.79 Å². The molecule has 1 aliphatic heterocycles. The van der Waals surface area contributed by atoms with Crippen LogP contribution in [0.25, 0.3) is 10.2 Å². The lowest BCUT2D eigenvalue weighted by atomic mass is 10.3. The van der Waals surface area contributed by atoms with Crippen molar-refractivity contribution >= 4 is 38.4 Å². The topological polar surface area (TPSA) is 81.7 Å². The fraction of sp³-hybridized carbons (Fsp3) is 0.125. The second-order valence-electron chi connectivity index (χ2n) is 4.97. The van der Waals surface area contributed by atoms with Gasteiger partial charge in [-0.15, -0.1) is 0 Å². The maximum absolute atomic E-state index is 12.2. The summed E-state index contributed by atoms with van der Waals surface area (Å²) in [5.41, 5.74) is 1.33. The molecule has 0 radical (unpaired) electrons. The number of carbonyl (C=O) groups excluding carboxylic acids is 1. The Kier molecular flexibility index (Phi) is 3.58. The highest BCUT2D eigenvalue weighted by atomic mass is 32.1. The Hall–Kier alpha value is -3.00. The number of hydrogen-bond donors (Lipinski definition) is 2. The van der Waals surface area contributed by atoms with E-state index in [2.05, 4.69) is 15.6 Å². The molecule has 0 spiro atoms. The number of benzene rings is 2. The smallest absolute Gasteiger partial charge is 0.325 e. The number of aromatic nitrogens is 1. The third-order valence-electron chi connectivity index (χ3n) is 3.46. The molecule has 0 fully saturated rings. The summed E-state index contributed by atoms with van der Waals surface area (Å²) in [6.07, 6.45) is 0. The SMILES string of the molecule is COc1ccccc1NC(=O)Nc1nc2cc3c(cc2s1)OCO3. The molecule has 7 nitrogen and oxygen atoms in total. The van der Waals surface area contributed by atoms with Crippen LogP contribution in [0.15, 0.2) is 36.4 Å². The number of amides is 2. The van der Waals surface area contributed by atoms with Gasteiger partial charge in [-0.25, -0.2) is 9.78 Å². The second-order valence-corrected chi connectivity index (χ2v) is 6.00. The van der Waals surface area contributed by atoms with E-state index in [-0.39, 0.29) is 6.79 Å². The van der Waals surface area contributed by atoms with Crippen molar-refractivity contribution in [3.8, 4) is 17.2 Å². The molecule has 0 unspecified atom stereocenters. The fourth-order valence-electron chi connectivity index (χ4n) is 2.37. The third-order valence-corrected chi connectivity index (χ3v) is 4.39. The molecule has 2 aromatic carbocycles. The summed E-state index contributed by atoms with van der Waals surface area (Å²) in [6, 6.07) is 10.5. The molecule has 3 aromatic rings. The molecule has 0 saturated carbocycles. The van der Waals surface area contributed by atoms with E-state index in [4.69, 9.17) is 14.2 Å². The van der Waals surface area contributed by atoms with E-state index >= 15 is 0 Å². The molecule has 8 heteroatoms. The zero-order valence-corrected chi connectivity index (χ0v) is 13.5. The fourth-order valence-corrected chi connectivity index (χ4v) is 3.24. The number of urea groups is 1. The van der Waals surface area contributed by atoms with Crippen LogP contribution in [0, 0.1) is 0 Å². The van der Waals surface area contributed by atoms with Crippen LogP contribution in [0.5, 0.6) is 17.2 Å². The van der Waals surface area contributed by atoms with E-state index in [1.54, 1.807) is 25.3 Å². The molecule has 0 bridgehead atoms. The van der Waals surface area contributed by atoms with Crippen LogP contribution in [0.1, 0.15) is 0 Å². The van der Waals surface area contributed by atoms with Crippen molar-refractivity contribution < 1.29 is 19.0 Å². The quantitative estimate of drug-likeness (QED) is 0.758. The molecule has 24 heavy (non-hydrogen) atoms. The number of methoxy groups -OCH3 is 1. The van der Waals surface area contributed by atoms with Crippen molar-refractivity contribution in [2.45, 2.75) is 0 Å². The molecule has 4 rings (SSSR count). The Balaban J connectivity index is 1.52. The Bertz CT molecular complexity index is 884. The first kappa shape index (κ1) is 14.6. The summed E-state index contributed by atoms with van der Waals surface area (Å²) >= 11 is 1.36. The van der Waals surface area contributed by atoms with Gasteiger partial charge in [-0.3, -0.25) is 5.32 Å². The third kappa shape index (κ3) is 2.67. The Morgan fingerprint density at radius 1 is 1.21 bits per heavy atom. The van der Waals surface area contributed by atoms with Gasteiger partial charge in [0.15, 0.2) is 16.6 Å². The van der Waals surface area contributed by atoms with Crippen molar-refractivity contribution in [3.63, 3.8) is 0 Å². The lowest BCUT2D eigenvalue weighted by molar-refractivity contribution is 0.174. The standard InChI is InChI=1S/C16H13N3O4S/c1-21-11-5-3-2-4-9(11)17-15(20)19-16-18-10-6-12-13(23-8-22-12)7-14(10)24-16/h2-7H,8H2,1H3,(H2,17,18,19,20). The van der Waals surface area contributed by atoms with Crippen LogP contribution in [-0.4, -0.2) is 24.9 Å². The summed E-state index contributed by atoms with van der Waals surface area (Å²) in [4.78, 5) is 16.6. The van der Waals surface area contributed by atoms with E-state index in [1.165, 1.54) is 11.3 Å². The first-order chi connectivity index (χ1) is 11.7. The van der Waals surface area contributed by atoms with Crippen LogP contribution in [-0.2, 0) is 0 Å². The summed E-state index contributed by atoms with van der Waals surface area (Å²) < 4.78 is 16.8. The first-order valence-electron chi connectivity index (χ1n) is 7.14. The highest BCUT2D eigenvalue weighted by molar-refractivity contribution is 7.22. The highest BCUT2D eigenvalue weighted by Crippen LogP contribution is 2.39. The van der Waals surface area contributed by atoms with Crippen molar-refractivity contribution in [2.75, 3.05) is 24.5 Å². The summed E-state index contributed by atoms with van der Waals surface area (Å²) in [5.74, 6) is 1.94. The number of thiazole rings is 1. The number of hydrogen-bond acceptors (Lipinski definition) is 6. The zero-order valence-electron chi connectivity index (χ0n) is 12.7. The van der Waals surface area contributed by atoms with Crippen molar-refractivity contribution in [1.82, 2.24) is 4.98 Å². The molecule has 0 aliphatic carbocycles. The molecule has 122 valence electrons. The van der Waals surface area contributed by atoms with Crippen LogP contribution in [0.4, 0.5) is 15.6 Å². The number of anilines is 2. The van der Waals surface area contributed by atoms with Crippen molar-refractivity contribution in [2.24, 2.45) is 0 Å². The lowest BCUT2D eigenvalue weighted by Crippen LogP contribution is -2.19. The van der Waals surface area contributed by atoms with Gasteiger partial charge in [0.05, 0.1) is 23.0 Å². The van der Waals surface area contributed by atoms with Gasteiger partial charge in [-0.05, 0) is 12.1 Å². The largest absolute Gasteiger partial charge is 0.495 e. The maximum Gasteiger partial charge on any atom is 0.325 e. The van der Waals surface area contributed by atoms with Gasteiger partial charge >= 0.3 is 6.03 Å². The average Bonchev–Trinajstić information content (AvgIpc) is 3.17. The monoisotopic (exact) mass is 343 g/mol. The number of para-hydroxylation sites is 2. The summed E-state index contributed by atoms with van der Waals surface area (Å²) in [5, 5.41) is 5.96. The highest BCUT2D eigenvalue weighted by Gasteiger charge is 2.17. The predicted octanol–water partition coefficient (Wildman–Crippen LogP) is 3.68. The molecule has 2 N–H and O–H groups in total. The Labute approximate surface area is 141 Å².